The van der Waals surface area contributed by atoms with Crippen LogP contribution in [0.2, 0.25) is 0 Å². The quantitative estimate of drug-likeness (QED) is 0.858. The Morgan fingerprint density at radius 1 is 1.60 bits per heavy atom. The Balaban J connectivity index is 2.47. The number of rotatable bonds is 5. The number of benzene rings is 1. The minimum absolute atomic E-state index is 0.179. The maximum Gasteiger partial charge on any atom is 0.137 e. The second-order valence-corrected chi connectivity index (χ2v) is 3.95. The molecule has 5 heteroatoms. The van der Waals surface area contributed by atoms with E-state index in [4.69, 9.17) is 4.74 Å². The molecule has 0 spiro atoms. The molecule has 84 valence electrons. The Kier molecular flexibility index (Phi) is 5.01. The van der Waals surface area contributed by atoms with Gasteiger partial charge >= 0.3 is 0 Å². The van der Waals surface area contributed by atoms with E-state index in [2.05, 4.69) is 21.2 Å². The first kappa shape index (κ1) is 12.4. The van der Waals surface area contributed by atoms with Crippen LogP contribution >= 0.6 is 15.9 Å². The van der Waals surface area contributed by atoms with E-state index >= 15 is 0 Å². The second-order valence-electron chi connectivity index (χ2n) is 3.10. The van der Waals surface area contributed by atoms with Gasteiger partial charge in [-0.15, -0.1) is 0 Å². The van der Waals surface area contributed by atoms with Crippen LogP contribution in [0.15, 0.2) is 22.7 Å². The van der Waals surface area contributed by atoms with Gasteiger partial charge in [0.25, 0.3) is 0 Å². The van der Waals surface area contributed by atoms with Gasteiger partial charge in [-0.3, -0.25) is 0 Å². The third kappa shape index (κ3) is 4.15. The average molecular weight is 278 g/mol. The zero-order valence-corrected chi connectivity index (χ0v) is 9.92. The van der Waals surface area contributed by atoms with Gasteiger partial charge in [0.1, 0.15) is 24.3 Å². The lowest BCUT2D eigenvalue weighted by Gasteiger charge is -2.11. The summed E-state index contributed by atoms with van der Waals surface area (Å²) in [6.45, 7) is 0.640. The number of halogens is 2. The average Bonchev–Trinajstić information content (AvgIpc) is 2.20. The molecule has 0 aliphatic heterocycles. The van der Waals surface area contributed by atoms with Crippen LogP contribution in [0.1, 0.15) is 0 Å². The summed E-state index contributed by atoms with van der Waals surface area (Å²) < 4.78 is 18.5. The summed E-state index contributed by atoms with van der Waals surface area (Å²) in [4.78, 5) is 0. The highest BCUT2D eigenvalue weighted by Crippen LogP contribution is 2.21. The fourth-order valence-electron chi connectivity index (χ4n) is 1.05. The molecule has 15 heavy (non-hydrogen) atoms. The molecular formula is C10H13BrFNO2. The van der Waals surface area contributed by atoms with Crippen LogP contribution in [0.25, 0.3) is 0 Å². The molecule has 0 heterocycles. The summed E-state index contributed by atoms with van der Waals surface area (Å²) in [5.74, 6) is 0.191. The lowest BCUT2D eigenvalue weighted by Crippen LogP contribution is -2.29. The highest BCUT2D eigenvalue weighted by molar-refractivity contribution is 9.10. The third-order valence-corrected chi connectivity index (χ3v) is 2.38. The first-order chi connectivity index (χ1) is 7.13. The Morgan fingerprint density at radius 2 is 2.33 bits per heavy atom. The van der Waals surface area contributed by atoms with Gasteiger partial charge in [0.15, 0.2) is 0 Å². The molecule has 0 aromatic heterocycles. The van der Waals surface area contributed by atoms with E-state index in [0.29, 0.717) is 16.8 Å². The van der Waals surface area contributed by atoms with E-state index in [1.165, 1.54) is 18.2 Å². The normalized spacial score (nSPS) is 12.5. The van der Waals surface area contributed by atoms with Crippen molar-refractivity contribution in [3.05, 3.63) is 28.5 Å². The molecule has 0 amide bonds. The van der Waals surface area contributed by atoms with Crippen LogP contribution in [-0.2, 0) is 0 Å². The molecule has 0 aliphatic carbocycles. The van der Waals surface area contributed by atoms with E-state index in [1.807, 2.05) is 0 Å². The summed E-state index contributed by atoms with van der Waals surface area (Å²) in [6.07, 6.45) is -0.571. The number of hydrogen-bond acceptors (Lipinski definition) is 3. The van der Waals surface area contributed by atoms with Crippen LogP contribution in [0.3, 0.4) is 0 Å². The summed E-state index contributed by atoms with van der Waals surface area (Å²) in [6, 6.07) is 4.36. The molecule has 0 fully saturated rings. The maximum atomic E-state index is 12.9. The molecule has 1 atom stereocenters. The number of ether oxygens (including phenoxy) is 1. The standard InChI is InChI=1S/C10H13BrFNO2/c1-13-5-7(14)6-15-8-2-3-10(12)9(11)4-8/h2-4,7,13-14H,5-6H2,1H3. The molecule has 1 unspecified atom stereocenters. The van der Waals surface area contributed by atoms with Crippen molar-refractivity contribution in [2.24, 2.45) is 0 Å². The van der Waals surface area contributed by atoms with Crippen molar-refractivity contribution >= 4 is 15.9 Å². The van der Waals surface area contributed by atoms with Crippen molar-refractivity contribution in [2.75, 3.05) is 20.2 Å². The maximum absolute atomic E-state index is 12.9. The highest BCUT2D eigenvalue weighted by atomic mass is 79.9. The molecule has 0 aliphatic rings. The predicted molar refractivity (Wildman–Crippen MR) is 59.5 cm³/mol. The molecular weight excluding hydrogens is 265 g/mol. The van der Waals surface area contributed by atoms with Gasteiger partial charge in [0.05, 0.1) is 4.47 Å². The predicted octanol–water partition coefficient (Wildman–Crippen LogP) is 1.55. The van der Waals surface area contributed by atoms with E-state index in [0.717, 1.165) is 0 Å². The smallest absolute Gasteiger partial charge is 0.137 e. The van der Waals surface area contributed by atoms with Crippen molar-refractivity contribution in [3.8, 4) is 5.75 Å². The van der Waals surface area contributed by atoms with Gasteiger partial charge in [0.2, 0.25) is 0 Å². The molecule has 1 rings (SSSR count). The van der Waals surface area contributed by atoms with Gasteiger partial charge in [0, 0.05) is 6.54 Å². The Morgan fingerprint density at radius 3 is 2.93 bits per heavy atom. The molecule has 2 N–H and O–H groups in total. The second kappa shape index (κ2) is 6.05. The summed E-state index contributed by atoms with van der Waals surface area (Å²) >= 11 is 3.05. The van der Waals surface area contributed by atoms with Gasteiger partial charge < -0.3 is 15.2 Å². The van der Waals surface area contributed by atoms with Crippen LogP contribution in [-0.4, -0.2) is 31.4 Å². The Labute approximate surface area is 96.4 Å². The molecule has 0 saturated carbocycles. The van der Waals surface area contributed by atoms with Crippen LogP contribution < -0.4 is 10.1 Å². The molecule has 0 radical (unpaired) electrons. The van der Waals surface area contributed by atoms with Gasteiger partial charge in [-0.1, -0.05) is 0 Å². The van der Waals surface area contributed by atoms with E-state index < -0.39 is 6.10 Å². The number of hydrogen-bond donors (Lipinski definition) is 2. The van der Waals surface area contributed by atoms with Crippen LogP contribution in [0, 0.1) is 5.82 Å². The first-order valence-corrected chi connectivity index (χ1v) is 5.33. The molecule has 1 aromatic carbocycles. The lowest BCUT2D eigenvalue weighted by molar-refractivity contribution is 0.108. The van der Waals surface area contributed by atoms with Gasteiger partial charge in [-0.05, 0) is 41.2 Å². The van der Waals surface area contributed by atoms with Crippen molar-refractivity contribution in [2.45, 2.75) is 6.10 Å². The van der Waals surface area contributed by atoms with Crippen molar-refractivity contribution < 1.29 is 14.2 Å². The Hall–Kier alpha value is -0.650. The largest absolute Gasteiger partial charge is 0.491 e. The zero-order valence-electron chi connectivity index (χ0n) is 8.34. The molecule has 1 aromatic rings. The summed E-state index contributed by atoms with van der Waals surface area (Å²) in [5, 5.41) is 12.2. The molecule has 0 saturated heterocycles. The van der Waals surface area contributed by atoms with Crippen molar-refractivity contribution in [1.29, 1.82) is 0 Å². The summed E-state index contributed by atoms with van der Waals surface area (Å²) in [7, 11) is 1.75. The minimum atomic E-state index is -0.571. The van der Waals surface area contributed by atoms with Crippen molar-refractivity contribution in [1.82, 2.24) is 5.32 Å². The van der Waals surface area contributed by atoms with Crippen LogP contribution in [0.5, 0.6) is 5.75 Å². The van der Waals surface area contributed by atoms with E-state index in [-0.39, 0.29) is 12.4 Å². The topological polar surface area (TPSA) is 41.5 Å². The SMILES string of the molecule is CNCC(O)COc1ccc(F)c(Br)c1. The molecule has 3 nitrogen and oxygen atoms in total. The van der Waals surface area contributed by atoms with E-state index in [9.17, 15) is 9.50 Å². The number of nitrogens with one attached hydrogen (secondary N) is 1. The number of likely N-dealkylation sites (N-methyl/N-ethyl adjacent to an activating group) is 1. The first-order valence-electron chi connectivity index (χ1n) is 4.54. The third-order valence-electron chi connectivity index (χ3n) is 1.77. The number of aliphatic hydroxyl groups excluding tert-OH is 1. The van der Waals surface area contributed by atoms with Gasteiger partial charge in [-0.2, -0.15) is 0 Å². The fourth-order valence-corrected chi connectivity index (χ4v) is 1.41. The lowest BCUT2D eigenvalue weighted by atomic mass is 10.3. The highest BCUT2D eigenvalue weighted by Gasteiger charge is 2.05. The zero-order chi connectivity index (χ0) is 11.3. The van der Waals surface area contributed by atoms with Crippen molar-refractivity contribution in [3.63, 3.8) is 0 Å². The van der Waals surface area contributed by atoms with E-state index in [1.54, 1.807) is 7.05 Å². The number of aliphatic hydroxyl groups is 1. The fraction of sp³-hybridized carbons (Fsp3) is 0.400. The monoisotopic (exact) mass is 277 g/mol. The summed E-state index contributed by atoms with van der Waals surface area (Å²) in [5.41, 5.74) is 0. The minimum Gasteiger partial charge on any atom is -0.491 e. The van der Waals surface area contributed by atoms with Crippen LogP contribution in [0.4, 0.5) is 4.39 Å². The molecule has 0 bridgehead atoms. The Bertz CT molecular complexity index is 322. The van der Waals surface area contributed by atoms with Gasteiger partial charge in [-0.25, -0.2) is 4.39 Å².